The van der Waals surface area contributed by atoms with Crippen LogP contribution in [0.3, 0.4) is 0 Å². The maximum atomic E-state index is 11.5. The van der Waals surface area contributed by atoms with E-state index in [1.807, 2.05) is 18.2 Å². The van der Waals surface area contributed by atoms with E-state index in [1.54, 1.807) is 6.07 Å². The summed E-state index contributed by atoms with van der Waals surface area (Å²) in [5, 5.41) is 11.2. The van der Waals surface area contributed by atoms with Crippen LogP contribution in [0.1, 0.15) is 31.2 Å². The lowest BCUT2D eigenvalue weighted by Gasteiger charge is -2.07. The fraction of sp³-hybridized carbons (Fsp3) is 0.385. The average molecular weight is 250 g/mol. The maximum Gasteiger partial charge on any atom is 0.303 e. The number of para-hydroxylation sites is 1. The first-order valence-electron chi connectivity index (χ1n) is 5.91. The van der Waals surface area contributed by atoms with E-state index in [1.165, 1.54) is 0 Å². The van der Waals surface area contributed by atoms with Crippen molar-refractivity contribution in [2.75, 3.05) is 5.73 Å². The zero-order chi connectivity index (χ0) is 13.4. The van der Waals surface area contributed by atoms with Gasteiger partial charge in [-0.3, -0.25) is 9.59 Å². The van der Waals surface area contributed by atoms with E-state index in [-0.39, 0.29) is 12.3 Å². The smallest absolute Gasteiger partial charge is 0.303 e. The van der Waals surface area contributed by atoms with Crippen LogP contribution in [-0.4, -0.2) is 17.0 Å². The van der Waals surface area contributed by atoms with Crippen LogP contribution in [0.5, 0.6) is 0 Å². The number of benzene rings is 1. The molecule has 0 radical (unpaired) electrons. The Labute approximate surface area is 106 Å². The van der Waals surface area contributed by atoms with Crippen molar-refractivity contribution in [1.82, 2.24) is 5.32 Å². The van der Waals surface area contributed by atoms with E-state index >= 15 is 0 Å². The van der Waals surface area contributed by atoms with Gasteiger partial charge in [-0.1, -0.05) is 18.2 Å². The number of carbonyl (C=O) groups excluding carboxylic acids is 1. The first-order valence-corrected chi connectivity index (χ1v) is 5.91. The highest BCUT2D eigenvalue weighted by atomic mass is 16.4. The Kier molecular flexibility index (Phi) is 5.70. The maximum absolute atomic E-state index is 11.5. The number of amides is 1. The number of carbonyl (C=O) groups is 2. The second-order valence-electron chi connectivity index (χ2n) is 4.08. The number of aliphatic carboxylic acids is 1. The van der Waals surface area contributed by atoms with E-state index < -0.39 is 5.97 Å². The second-order valence-corrected chi connectivity index (χ2v) is 4.08. The largest absolute Gasteiger partial charge is 0.481 e. The highest BCUT2D eigenvalue weighted by Gasteiger charge is 2.04. The van der Waals surface area contributed by atoms with Crippen molar-refractivity contribution in [2.45, 2.75) is 32.2 Å². The summed E-state index contributed by atoms with van der Waals surface area (Å²) in [6, 6.07) is 7.35. The van der Waals surface area contributed by atoms with Gasteiger partial charge < -0.3 is 16.2 Å². The molecular formula is C13H18N2O3. The molecule has 1 rings (SSSR count). The third kappa shape index (κ3) is 5.34. The number of carboxylic acids is 1. The molecule has 5 nitrogen and oxygen atoms in total. The van der Waals surface area contributed by atoms with Gasteiger partial charge in [-0.2, -0.15) is 0 Å². The number of nitrogen functional groups attached to an aromatic ring is 1. The normalized spacial score (nSPS) is 10.0. The molecular weight excluding hydrogens is 232 g/mol. The van der Waals surface area contributed by atoms with Gasteiger partial charge in [0.1, 0.15) is 0 Å². The zero-order valence-electron chi connectivity index (χ0n) is 10.2. The SMILES string of the molecule is Nc1ccccc1CNC(=O)CCCCC(=O)O. The van der Waals surface area contributed by atoms with E-state index in [4.69, 9.17) is 10.8 Å². The molecule has 4 N–H and O–H groups in total. The molecule has 0 bridgehead atoms. The standard InChI is InChI=1S/C13H18N2O3/c14-11-6-2-1-5-10(11)9-15-12(16)7-3-4-8-13(17)18/h1-2,5-6H,3-4,7-9,14H2,(H,15,16)(H,17,18). The number of unbranched alkanes of at least 4 members (excludes halogenated alkanes) is 1. The van der Waals surface area contributed by atoms with Crippen molar-refractivity contribution in [1.29, 1.82) is 0 Å². The van der Waals surface area contributed by atoms with Crippen LogP contribution in [0.25, 0.3) is 0 Å². The topological polar surface area (TPSA) is 92.4 Å². The van der Waals surface area contributed by atoms with Crippen molar-refractivity contribution in [3.05, 3.63) is 29.8 Å². The van der Waals surface area contributed by atoms with Gasteiger partial charge in [0, 0.05) is 25.1 Å². The molecule has 1 amide bonds. The molecule has 0 spiro atoms. The highest BCUT2D eigenvalue weighted by Crippen LogP contribution is 2.09. The molecule has 0 aliphatic heterocycles. The zero-order valence-corrected chi connectivity index (χ0v) is 10.2. The third-order valence-electron chi connectivity index (χ3n) is 2.58. The van der Waals surface area contributed by atoms with Crippen LogP contribution in [0.15, 0.2) is 24.3 Å². The third-order valence-corrected chi connectivity index (χ3v) is 2.58. The van der Waals surface area contributed by atoms with Crippen molar-refractivity contribution in [2.24, 2.45) is 0 Å². The summed E-state index contributed by atoms with van der Waals surface area (Å²) in [5.74, 6) is -0.906. The molecule has 1 aromatic rings. The number of nitrogens with one attached hydrogen (secondary N) is 1. The predicted molar refractivity (Wildman–Crippen MR) is 68.8 cm³/mol. The van der Waals surface area contributed by atoms with Gasteiger partial charge in [0.25, 0.3) is 0 Å². The number of hydrogen-bond acceptors (Lipinski definition) is 3. The van der Waals surface area contributed by atoms with Gasteiger partial charge in [0.2, 0.25) is 5.91 Å². The summed E-state index contributed by atoms with van der Waals surface area (Å²) in [5.41, 5.74) is 7.29. The molecule has 0 aromatic heterocycles. The fourth-order valence-corrected chi connectivity index (χ4v) is 1.54. The number of carboxylic acid groups (broad SMARTS) is 1. The average Bonchev–Trinajstić information content (AvgIpc) is 2.33. The molecule has 0 saturated carbocycles. The summed E-state index contributed by atoms with van der Waals surface area (Å²) in [6.45, 7) is 0.407. The van der Waals surface area contributed by atoms with Gasteiger partial charge in [-0.15, -0.1) is 0 Å². The molecule has 18 heavy (non-hydrogen) atoms. The molecule has 0 unspecified atom stereocenters. The van der Waals surface area contributed by atoms with Crippen molar-refractivity contribution in [3.63, 3.8) is 0 Å². The number of rotatable bonds is 7. The van der Waals surface area contributed by atoms with Crippen molar-refractivity contribution < 1.29 is 14.7 Å². The first kappa shape index (κ1) is 14.0. The Hall–Kier alpha value is -2.04. The van der Waals surface area contributed by atoms with Crippen LogP contribution < -0.4 is 11.1 Å². The monoisotopic (exact) mass is 250 g/mol. The Balaban J connectivity index is 2.21. The Bertz CT molecular complexity index is 418. The van der Waals surface area contributed by atoms with Gasteiger partial charge in [0.15, 0.2) is 0 Å². The Morgan fingerprint density at radius 3 is 2.50 bits per heavy atom. The Morgan fingerprint density at radius 1 is 1.17 bits per heavy atom. The predicted octanol–water partition coefficient (Wildman–Crippen LogP) is 1.53. The number of hydrogen-bond donors (Lipinski definition) is 3. The van der Waals surface area contributed by atoms with E-state index in [9.17, 15) is 9.59 Å². The minimum absolute atomic E-state index is 0.0800. The second kappa shape index (κ2) is 7.32. The van der Waals surface area contributed by atoms with Gasteiger partial charge >= 0.3 is 5.97 Å². The summed E-state index contributed by atoms with van der Waals surface area (Å²) in [4.78, 5) is 21.8. The van der Waals surface area contributed by atoms with Crippen molar-refractivity contribution in [3.8, 4) is 0 Å². The molecule has 0 heterocycles. The number of nitrogens with two attached hydrogens (primary N) is 1. The summed E-state index contributed by atoms with van der Waals surface area (Å²) < 4.78 is 0. The van der Waals surface area contributed by atoms with Crippen LogP contribution >= 0.6 is 0 Å². The van der Waals surface area contributed by atoms with E-state index in [0.29, 0.717) is 31.5 Å². The summed E-state index contributed by atoms with van der Waals surface area (Å²) in [7, 11) is 0. The lowest BCUT2D eigenvalue weighted by molar-refractivity contribution is -0.137. The summed E-state index contributed by atoms with van der Waals surface area (Å²) in [6.07, 6.45) is 1.57. The lowest BCUT2D eigenvalue weighted by Crippen LogP contribution is -2.22. The fourth-order valence-electron chi connectivity index (χ4n) is 1.54. The minimum atomic E-state index is -0.826. The Morgan fingerprint density at radius 2 is 1.83 bits per heavy atom. The summed E-state index contributed by atoms with van der Waals surface area (Å²) >= 11 is 0. The highest BCUT2D eigenvalue weighted by molar-refractivity contribution is 5.76. The molecule has 0 aliphatic carbocycles. The van der Waals surface area contributed by atoms with Crippen LogP contribution in [0.4, 0.5) is 5.69 Å². The molecule has 1 aromatic carbocycles. The van der Waals surface area contributed by atoms with Crippen LogP contribution in [-0.2, 0) is 16.1 Å². The van der Waals surface area contributed by atoms with E-state index in [2.05, 4.69) is 5.32 Å². The molecule has 0 atom stereocenters. The molecule has 0 fully saturated rings. The molecule has 0 saturated heterocycles. The number of anilines is 1. The van der Waals surface area contributed by atoms with Crippen LogP contribution in [0, 0.1) is 0 Å². The van der Waals surface area contributed by atoms with Gasteiger partial charge in [-0.05, 0) is 24.5 Å². The molecule has 98 valence electrons. The van der Waals surface area contributed by atoms with Gasteiger partial charge in [-0.25, -0.2) is 0 Å². The molecule has 0 aliphatic rings. The molecule has 5 heteroatoms. The lowest BCUT2D eigenvalue weighted by atomic mass is 10.1. The van der Waals surface area contributed by atoms with Crippen LogP contribution in [0.2, 0.25) is 0 Å². The van der Waals surface area contributed by atoms with Gasteiger partial charge in [0.05, 0.1) is 0 Å². The van der Waals surface area contributed by atoms with E-state index in [0.717, 1.165) is 5.56 Å². The minimum Gasteiger partial charge on any atom is -0.481 e. The van der Waals surface area contributed by atoms with Crippen molar-refractivity contribution >= 4 is 17.6 Å². The quantitative estimate of drug-likeness (QED) is 0.505. The first-order chi connectivity index (χ1) is 8.59.